The Hall–Kier alpha value is -2.38. The Balaban J connectivity index is 1.38. The summed E-state index contributed by atoms with van der Waals surface area (Å²) < 4.78 is 6.33. The molecule has 2 aliphatic heterocycles. The van der Waals surface area contributed by atoms with Gasteiger partial charge in [-0.2, -0.15) is 0 Å². The number of para-hydroxylation sites is 1. The number of aromatic amines is 1. The maximum absolute atomic E-state index is 12.8. The Kier molecular flexibility index (Phi) is 4.36. The molecular formula is C21H22N4O2S. The first-order valence-electron chi connectivity index (χ1n) is 9.59. The fourth-order valence-electron chi connectivity index (χ4n) is 4.45. The minimum atomic E-state index is -0.317. The van der Waals surface area contributed by atoms with Crippen LogP contribution in [0.1, 0.15) is 34.5 Å². The average Bonchev–Trinajstić information content (AvgIpc) is 3.14. The molecule has 3 aromatic rings. The van der Waals surface area contributed by atoms with Gasteiger partial charge in [-0.3, -0.25) is 4.79 Å². The minimum absolute atomic E-state index is 0.00446. The molecule has 144 valence electrons. The number of likely N-dealkylation sites (tertiary alicyclic amines) is 1. The molecular weight excluding hydrogens is 372 g/mol. The van der Waals surface area contributed by atoms with Crippen molar-refractivity contribution in [2.24, 2.45) is 0 Å². The summed E-state index contributed by atoms with van der Waals surface area (Å²) in [4.78, 5) is 26.8. The number of hydrogen-bond donors (Lipinski definition) is 1. The number of piperidine rings is 1. The number of carbonyl (C=O) groups is 1. The van der Waals surface area contributed by atoms with Crippen molar-refractivity contribution in [1.82, 2.24) is 19.9 Å². The van der Waals surface area contributed by atoms with E-state index in [-0.39, 0.29) is 11.5 Å². The molecule has 1 aromatic carbocycles. The van der Waals surface area contributed by atoms with Crippen LogP contribution in [0.15, 0.2) is 41.8 Å². The van der Waals surface area contributed by atoms with Gasteiger partial charge in [0.05, 0.1) is 17.9 Å². The smallest absolute Gasteiger partial charge is 0.256 e. The predicted molar refractivity (Wildman–Crippen MR) is 109 cm³/mol. The summed E-state index contributed by atoms with van der Waals surface area (Å²) in [6.07, 6.45) is 7.69. The Morgan fingerprint density at radius 3 is 2.71 bits per heavy atom. The van der Waals surface area contributed by atoms with E-state index in [1.807, 2.05) is 11.2 Å². The van der Waals surface area contributed by atoms with E-state index in [1.54, 1.807) is 12.4 Å². The molecule has 5 rings (SSSR count). The Labute approximate surface area is 167 Å². The number of ether oxygens (including phenoxy) is 1. The molecule has 0 radical (unpaired) electrons. The van der Waals surface area contributed by atoms with Crippen LogP contribution in [0.5, 0.6) is 0 Å². The lowest BCUT2D eigenvalue weighted by atomic mass is 9.83. The standard InChI is InChI=1S/C21H22N4O2S/c1-28-20-22-12-14(13-23-20)19(26)25-9-7-21(8-10-25)18-16(6-11-27-21)15-4-2-3-5-17(15)24-18/h2-5,12-13,24H,6-11H2,1H3. The van der Waals surface area contributed by atoms with Gasteiger partial charge in [-0.05, 0) is 37.1 Å². The van der Waals surface area contributed by atoms with Crippen LogP contribution >= 0.6 is 11.8 Å². The van der Waals surface area contributed by atoms with Gasteiger partial charge in [0.25, 0.3) is 5.91 Å². The second-order valence-electron chi connectivity index (χ2n) is 7.37. The first-order valence-corrected chi connectivity index (χ1v) is 10.8. The van der Waals surface area contributed by atoms with E-state index in [0.717, 1.165) is 25.9 Å². The molecule has 1 amide bonds. The second-order valence-corrected chi connectivity index (χ2v) is 8.14. The molecule has 1 spiro atoms. The zero-order valence-electron chi connectivity index (χ0n) is 15.8. The highest BCUT2D eigenvalue weighted by atomic mass is 32.2. The van der Waals surface area contributed by atoms with Crippen molar-refractivity contribution in [2.45, 2.75) is 30.0 Å². The zero-order valence-corrected chi connectivity index (χ0v) is 16.6. The van der Waals surface area contributed by atoms with Gasteiger partial charge < -0.3 is 14.6 Å². The number of carbonyl (C=O) groups excluding carboxylic acids is 1. The van der Waals surface area contributed by atoms with Gasteiger partial charge in [0.2, 0.25) is 0 Å². The van der Waals surface area contributed by atoms with E-state index < -0.39 is 0 Å². The topological polar surface area (TPSA) is 71.1 Å². The third kappa shape index (κ3) is 2.81. The van der Waals surface area contributed by atoms with Gasteiger partial charge in [0.15, 0.2) is 5.16 Å². The van der Waals surface area contributed by atoms with E-state index in [4.69, 9.17) is 4.74 Å². The van der Waals surface area contributed by atoms with Crippen molar-refractivity contribution < 1.29 is 9.53 Å². The monoisotopic (exact) mass is 394 g/mol. The number of fused-ring (bicyclic) bond motifs is 4. The van der Waals surface area contributed by atoms with Crippen LogP contribution < -0.4 is 0 Å². The molecule has 0 atom stereocenters. The van der Waals surface area contributed by atoms with Crippen LogP contribution in [-0.4, -0.2) is 51.7 Å². The molecule has 1 N–H and O–H groups in total. The summed E-state index contributed by atoms with van der Waals surface area (Å²) in [5.74, 6) is -0.00446. The van der Waals surface area contributed by atoms with Crippen LogP contribution in [0.25, 0.3) is 10.9 Å². The molecule has 0 bridgehead atoms. The van der Waals surface area contributed by atoms with Crippen molar-refractivity contribution in [3.8, 4) is 0 Å². The van der Waals surface area contributed by atoms with Crippen molar-refractivity contribution >= 4 is 28.6 Å². The van der Waals surface area contributed by atoms with E-state index in [1.165, 1.54) is 33.9 Å². The zero-order chi connectivity index (χ0) is 19.1. The van der Waals surface area contributed by atoms with Gasteiger partial charge in [-0.15, -0.1) is 0 Å². The fraction of sp³-hybridized carbons (Fsp3) is 0.381. The Morgan fingerprint density at radius 1 is 1.21 bits per heavy atom. The molecule has 28 heavy (non-hydrogen) atoms. The summed E-state index contributed by atoms with van der Waals surface area (Å²) in [6, 6.07) is 8.45. The lowest BCUT2D eigenvalue weighted by Gasteiger charge is -2.43. The molecule has 4 heterocycles. The Bertz CT molecular complexity index is 1020. The van der Waals surface area contributed by atoms with Crippen LogP contribution in [0.3, 0.4) is 0 Å². The molecule has 2 aromatic heterocycles. The van der Waals surface area contributed by atoms with Crippen molar-refractivity contribution in [1.29, 1.82) is 0 Å². The number of aromatic nitrogens is 3. The summed E-state index contributed by atoms with van der Waals surface area (Å²) in [7, 11) is 0. The maximum Gasteiger partial charge on any atom is 0.256 e. The van der Waals surface area contributed by atoms with Gasteiger partial charge in [-0.25, -0.2) is 9.97 Å². The van der Waals surface area contributed by atoms with Crippen molar-refractivity contribution in [2.75, 3.05) is 26.0 Å². The highest BCUT2D eigenvalue weighted by molar-refractivity contribution is 7.98. The number of amides is 1. The number of nitrogens with one attached hydrogen (secondary N) is 1. The van der Waals surface area contributed by atoms with Crippen LogP contribution in [0.4, 0.5) is 0 Å². The number of rotatable bonds is 2. The maximum atomic E-state index is 12.8. The third-order valence-electron chi connectivity index (χ3n) is 5.92. The van der Waals surface area contributed by atoms with Gasteiger partial charge in [-0.1, -0.05) is 30.0 Å². The van der Waals surface area contributed by atoms with Crippen molar-refractivity contribution in [3.63, 3.8) is 0 Å². The lowest BCUT2D eigenvalue weighted by Crippen LogP contribution is -2.48. The van der Waals surface area contributed by atoms with Gasteiger partial charge >= 0.3 is 0 Å². The number of hydrogen-bond acceptors (Lipinski definition) is 5. The fourth-order valence-corrected chi connectivity index (χ4v) is 4.77. The van der Waals surface area contributed by atoms with E-state index >= 15 is 0 Å². The van der Waals surface area contributed by atoms with Gasteiger partial charge in [0.1, 0.15) is 5.60 Å². The minimum Gasteiger partial charge on any atom is -0.368 e. The Morgan fingerprint density at radius 2 is 1.96 bits per heavy atom. The SMILES string of the molecule is CSc1ncc(C(=O)N2CCC3(CC2)OCCc2c3[nH]c3ccccc23)cn1. The molecule has 0 aliphatic carbocycles. The number of nitrogens with zero attached hydrogens (tertiary/aromatic N) is 3. The average molecular weight is 394 g/mol. The van der Waals surface area contributed by atoms with Crippen LogP contribution in [-0.2, 0) is 16.8 Å². The summed E-state index contributed by atoms with van der Waals surface area (Å²) in [5.41, 5.74) is 3.98. The molecule has 6 nitrogen and oxygen atoms in total. The highest BCUT2D eigenvalue weighted by Gasteiger charge is 2.43. The quantitative estimate of drug-likeness (QED) is 0.533. The predicted octanol–water partition coefficient (Wildman–Crippen LogP) is 3.38. The first-order chi connectivity index (χ1) is 13.7. The molecule has 1 saturated heterocycles. The normalized spacial score (nSPS) is 18.4. The highest BCUT2D eigenvalue weighted by Crippen LogP contribution is 2.43. The third-order valence-corrected chi connectivity index (χ3v) is 6.49. The lowest BCUT2D eigenvalue weighted by molar-refractivity contribution is -0.0957. The first kappa shape index (κ1) is 17.7. The van der Waals surface area contributed by atoms with E-state index in [9.17, 15) is 4.79 Å². The summed E-state index contributed by atoms with van der Waals surface area (Å²) >= 11 is 1.47. The van der Waals surface area contributed by atoms with E-state index in [2.05, 4.69) is 39.2 Å². The number of thioether (sulfide) groups is 1. The van der Waals surface area contributed by atoms with Gasteiger partial charge in [0, 0.05) is 36.4 Å². The van der Waals surface area contributed by atoms with Crippen molar-refractivity contribution in [3.05, 3.63) is 53.5 Å². The molecule has 2 aliphatic rings. The van der Waals surface area contributed by atoms with Crippen LogP contribution in [0, 0.1) is 0 Å². The largest absolute Gasteiger partial charge is 0.368 e. The number of benzene rings is 1. The number of H-pyrrole nitrogens is 1. The van der Waals surface area contributed by atoms with E-state index in [0.29, 0.717) is 23.8 Å². The molecule has 7 heteroatoms. The summed E-state index contributed by atoms with van der Waals surface area (Å²) in [5, 5.41) is 1.97. The summed E-state index contributed by atoms with van der Waals surface area (Å²) in [6.45, 7) is 2.06. The molecule has 0 saturated carbocycles. The molecule has 0 unspecified atom stereocenters. The van der Waals surface area contributed by atoms with Crippen LogP contribution in [0.2, 0.25) is 0 Å². The second kappa shape index (κ2) is 6.90. The molecule has 1 fully saturated rings.